The van der Waals surface area contributed by atoms with Crippen LogP contribution in [-0.2, 0) is 21.9 Å². The van der Waals surface area contributed by atoms with E-state index in [2.05, 4.69) is 5.32 Å². The predicted molar refractivity (Wildman–Crippen MR) is 122 cm³/mol. The second-order valence-electron chi connectivity index (χ2n) is 6.84. The highest BCUT2D eigenvalue weighted by atomic mass is 35.5. The smallest absolute Gasteiger partial charge is 0.242 e. The van der Waals surface area contributed by atoms with E-state index in [1.165, 1.54) is 0 Å². The van der Waals surface area contributed by atoms with Crippen LogP contribution < -0.4 is 5.32 Å². The molecule has 0 aliphatic heterocycles. The van der Waals surface area contributed by atoms with Crippen molar-refractivity contribution in [1.29, 1.82) is 0 Å². The van der Waals surface area contributed by atoms with E-state index in [1.54, 1.807) is 16.7 Å². The molecule has 4 nitrogen and oxygen atoms in total. The Labute approximate surface area is 183 Å². The third-order valence-corrected chi connectivity index (χ3v) is 5.78. The molecule has 29 heavy (non-hydrogen) atoms. The standard InChI is InChI=1S/C23H29ClN2O2S/c1-3-14-25-23(28)21(4-2)26(15-18-8-6-5-7-9-18)22(27)17-29-16-19-10-12-20(24)13-11-19/h5-13,21H,3-4,14-17H2,1-2H3,(H,25,28). The highest BCUT2D eigenvalue weighted by molar-refractivity contribution is 7.99. The summed E-state index contributed by atoms with van der Waals surface area (Å²) in [5.74, 6) is 0.946. The van der Waals surface area contributed by atoms with E-state index in [0.29, 0.717) is 30.3 Å². The van der Waals surface area contributed by atoms with Gasteiger partial charge in [-0.1, -0.05) is 67.9 Å². The normalized spacial score (nSPS) is 11.7. The van der Waals surface area contributed by atoms with Crippen LogP contribution in [0.25, 0.3) is 0 Å². The Bertz CT molecular complexity index is 768. The topological polar surface area (TPSA) is 49.4 Å². The second-order valence-corrected chi connectivity index (χ2v) is 8.26. The minimum Gasteiger partial charge on any atom is -0.354 e. The van der Waals surface area contributed by atoms with Crippen LogP contribution in [0.2, 0.25) is 5.02 Å². The van der Waals surface area contributed by atoms with Gasteiger partial charge in [-0.15, -0.1) is 11.8 Å². The summed E-state index contributed by atoms with van der Waals surface area (Å²) in [6.07, 6.45) is 1.45. The highest BCUT2D eigenvalue weighted by Gasteiger charge is 2.28. The number of thioether (sulfide) groups is 1. The average molecular weight is 433 g/mol. The number of carbonyl (C=O) groups is 2. The van der Waals surface area contributed by atoms with Gasteiger partial charge in [-0.2, -0.15) is 0 Å². The van der Waals surface area contributed by atoms with Crippen LogP contribution in [0.15, 0.2) is 54.6 Å². The van der Waals surface area contributed by atoms with E-state index in [0.717, 1.165) is 23.3 Å². The zero-order valence-corrected chi connectivity index (χ0v) is 18.6. The zero-order valence-electron chi connectivity index (χ0n) is 17.1. The molecule has 0 saturated heterocycles. The molecule has 0 fully saturated rings. The number of benzene rings is 2. The molecule has 0 spiro atoms. The lowest BCUT2D eigenvalue weighted by molar-refractivity contribution is -0.139. The lowest BCUT2D eigenvalue weighted by atomic mass is 10.1. The number of hydrogen-bond acceptors (Lipinski definition) is 3. The number of halogens is 1. The number of amides is 2. The van der Waals surface area contributed by atoms with Crippen LogP contribution in [0.5, 0.6) is 0 Å². The Morgan fingerprint density at radius 1 is 1.03 bits per heavy atom. The minimum atomic E-state index is -0.467. The van der Waals surface area contributed by atoms with E-state index in [1.807, 2.05) is 68.4 Å². The summed E-state index contributed by atoms with van der Waals surface area (Å²) in [4.78, 5) is 27.5. The summed E-state index contributed by atoms with van der Waals surface area (Å²) < 4.78 is 0. The number of nitrogens with zero attached hydrogens (tertiary/aromatic N) is 1. The van der Waals surface area contributed by atoms with Crippen LogP contribution >= 0.6 is 23.4 Å². The largest absolute Gasteiger partial charge is 0.354 e. The maximum atomic E-state index is 13.1. The Hall–Kier alpha value is -1.98. The molecule has 1 N–H and O–H groups in total. The SMILES string of the molecule is CCCNC(=O)C(CC)N(Cc1ccccc1)C(=O)CSCc1ccc(Cl)cc1. The molecule has 1 atom stereocenters. The fourth-order valence-corrected chi connectivity index (χ4v) is 3.98. The lowest BCUT2D eigenvalue weighted by Crippen LogP contribution is -2.49. The van der Waals surface area contributed by atoms with Crippen molar-refractivity contribution in [3.8, 4) is 0 Å². The van der Waals surface area contributed by atoms with Crippen molar-refractivity contribution in [2.24, 2.45) is 0 Å². The van der Waals surface area contributed by atoms with E-state index in [4.69, 9.17) is 11.6 Å². The van der Waals surface area contributed by atoms with E-state index in [-0.39, 0.29) is 11.8 Å². The van der Waals surface area contributed by atoms with E-state index < -0.39 is 6.04 Å². The Morgan fingerprint density at radius 3 is 2.34 bits per heavy atom. The van der Waals surface area contributed by atoms with Crippen molar-refractivity contribution in [3.05, 3.63) is 70.7 Å². The zero-order chi connectivity index (χ0) is 21.1. The summed E-state index contributed by atoms with van der Waals surface area (Å²) in [5, 5.41) is 3.64. The Morgan fingerprint density at radius 2 is 1.72 bits per heavy atom. The average Bonchev–Trinajstić information content (AvgIpc) is 2.74. The lowest BCUT2D eigenvalue weighted by Gasteiger charge is -2.30. The molecule has 0 aromatic heterocycles. The predicted octanol–water partition coefficient (Wildman–Crippen LogP) is 4.91. The maximum Gasteiger partial charge on any atom is 0.242 e. The summed E-state index contributed by atoms with van der Waals surface area (Å²) >= 11 is 7.48. The second kappa shape index (κ2) is 12.6. The van der Waals surface area contributed by atoms with Crippen LogP contribution in [0.3, 0.4) is 0 Å². The van der Waals surface area contributed by atoms with Crippen molar-refractivity contribution < 1.29 is 9.59 Å². The van der Waals surface area contributed by atoms with Gasteiger partial charge in [-0.25, -0.2) is 0 Å². The molecular formula is C23H29ClN2O2S. The van der Waals surface area contributed by atoms with Gasteiger partial charge in [0.15, 0.2) is 0 Å². The number of rotatable bonds is 11. The van der Waals surface area contributed by atoms with Gasteiger partial charge in [0.05, 0.1) is 5.75 Å². The summed E-state index contributed by atoms with van der Waals surface area (Å²) in [7, 11) is 0. The van der Waals surface area contributed by atoms with Crippen LogP contribution in [0.4, 0.5) is 0 Å². The first-order valence-electron chi connectivity index (χ1n) is 9.98. The third kappa shape index (κ3) is 7.75. The third-order valence-electron chi connectivity index (χ3n) is 4.54. The fourth-order valence-electron chi connectivity index (χ4n) is 2.99. The summed E-state index contributed by atoms with van der Waals surface area (Å²) in [6, 6.07) is 17.0. The molecule has 2 aromatic rings. The summed E-state index contributed by atoms with van der Waals surface area (Å²) in [5.41, 5.74) is 2.14. The molecule has 0 heterocycles. The van der Waals surface area contributed by atoms with Crippen molar-refractivity contribution in [2.45, 2.75) is 45.0 Å². The maximum absolute atomic E-state index is 13.1. The molecule has 0 radical (unpaired) electrons. The van der Waals surface area contributed by atoms with Crippen molar-refractivity contribution in [3.63, 3.8) is 0 Å². The van der Waals surface area contributed by atoms with Gasteiger partial charge in [-0.3, -0.25) is 9.59 Å². The van der Waals surface area contributed by atoms with Crippen LogP contribution in [0.1, 0.15) is 37.8 Å². The van der Waals surface area contributed by atoms with Crippen LogP contribution in [-0.4, -0.2) is 35.1 Å². The van der Waals surface area contributed by atoms with Gasteiger partial charge in [0.25, 0.3) is 0 Å². The first-order valence-corrected chi connectivity index (χ1v) is 11.5. The molecule has 2 aromatic carbocycles. The molecule has 0 aliphatic rings. The summed E-state index contributed by atoms with van der Waals surface area (Å²) in [6.45, 7) is 5.01. The van der Waals surface area contributed by atoms with Gasteiger partial charge in [0, 0.05) is 23.9 Å². The molecule has 6 heteroatoms. The van der Waals surface area contributed by atoms with E-state index in [9.17, 15) is 9.59 Å². The van der Waals surface area contributed by atoms with Gasteiger partial charge < -0.3 is 10.2 Å². The monoisotopic (exact) mass is 432 g/mol. The van der Waals surface area contributed by atoms with Crippen LogP contribution in [0, 0.1) is 0 Å². The Kier molecular flexibility index (Phi) is 10.1. The Balaban J connectivity index is 2.06. The molecule has 2 rings (SSSR count). The molecule has 156 valence electrons. The molecule has 0 aliphatic carbocycles. The first-order chi connectivity index (χ1) is 14.0. The minimum absolute atomic E-state index is 0.0219. The van der Waals surface area contributed by atoms with Gasteiger partial charge in [0.1, 0.15) is 6.04 Å². The molecule has 0 bridgehead atoms. The quantitative estimate of drug-likeness (QED) is 0.549. The molecule has 1 unspecified atom stereocenters. The fraction of sp³-hybridized carbons (Fsp3) is 0.391. The number of carbonyl (C=O) groups excluding carboxylic acids is 2. The first kappa shape index (κ1) is 23.3. The van der Waals surface area contributed by atoms with Gasteiger partial charge >= 0.3 is 0 Å². The van der Waals surface area contributed by atoms with Gasteiger partial charge in [-0.05, 0) is 36.1 Å². The number of hydrogen-bond donors (Lipinski definition) is 1. The molecule has 0 saturated carbocycles. The van der Waals surface area contributed by atoms with E-state index >= 15 is 0 Å². The highest BCUT2D eigenvalue weighted by Crippen LogP contribution is 2.18. The van der Waals surface area contributed by atoms with Crippen molar-refractivity contribution in [1.82, 2.24) is 10.2 Å². The number of nitrogens with one attached hydrogen (secondary N) is 1. The van der Waals surface area contributed by atoms with Gasteiger partial charge in [0.2, 0.25) is 11.8 Å². The molecule has 2 amide bonds. The van der Waals surface area contributed by atoms with Crippen molar-refractivity contribution >= 4 is 35.2 Å². The molecular weight excluding hydrogens is 404 g/mol. The van der Waals surface area contributed by atoms with Crippen molar-refractivity contribution in [2.75, 3.05) is 12.3 Å².